The zero-order valence-corrected chi connectivity index (χ0v) is 25.8. The Labute approximate surface area is 265 Å². The number of nitriles is 1. The number of hydrogen-bond acceptors (Lipinski definition) is 11. The number of nitrogens with two attached hydrogens (primary N) is 1. The standard InChI is InChI=1S/C32H27N5O8S/c1-42-22-10-8-17(12-24(22)44-3)13-26-31(39)36-29(34)21(16-33)27(18-9-11-23(43-2)25(14-18)45-4)28(32(36)46-26)30(38)35-19-6-5-7-20(15-19)37(40)41/h5-15,27H,34H2,1-4H3,(H,35,38)/b26-13-. The van der Waals surface area contributed by atoms with E-state index in [1.807, 2.05) is 0 Å². The van der Waals surface area contributed by atoms with Crippen LogP contribution in [-0.4, -0.2) is 43.8 Å². The van der Waals surface area contributed by atoms with E-state index in [-0.39, 0.29) is 37.5 Å². The van der Waals surface area contributed by atoms with Crippen molar-refractivity contribution in [3.63, 3.8) is 0 Å². The van der Waals surface area contributed by atoms with Gasteiger partial charge in [-0.05, 0) is 47.5 Å². The summed E-state index contributed by atoms with van der Waals surface area (Å²) >= 11 is 1.00. The molecule has 46 heavy (non-hydrogen) atoms. The average Bonchev–Trinajstić information content (AvgIpc) is 3.39. The molecule has 1 unspecified atom stereocenters. The van der Waals surface area contributed by atoms with E-state index < -0.39 is 22.3 Å². The van der Waals surface area contributed by atoms with Crippen molar-refractivity contribution in [2.45, 2.75) is 5.92 Å². The molecule has 0 saturated heterocycles. The van der Waals surface area contributed by atoms with Crippen LogP contribution in [0.15, 0.2) is 71.0 Å². The molecule has 1 aliphatic rings. The Morgan fingerprint density at radius 1 is 1.00 bits per heavy atom. The molecule has 0 radical (unpaired) electrons. The van der Waals surface area contributed by atoms with E-state index in [0.717, 1.165) is 15.9 Å². The highest BCUT2D eigenvalue weighted by Crippen LogP contribution is 2.40. The third kappa shape index (κ3) is 5.62. The number of carbonyl (C=O) groups excluding carboxylic acids is 1. The lowest BCUT2D eigenvalue weighted by atomic mass is 9.83. The summed E-state index contributed by atoms with van der Waals surface area (Å²) in [6.07, 6.45) is 1.61. The largest absolute Gasteiger partial charge is 0.493 e. The highest BCUT2D eigenvalue weighted by atomic mass is 32.1. The molecule has 4 aromatic rings. The lowest BCUT2D eigenvalue weighted by Gasteiger charge is -2.26. The first-order valence-electron chi connectivity index (χ1n) is 13.5. The van der Waals surface area contributed by atoms with Crippen LogP contribution < -0.4 is 44.8 Å². The van der Waals surface area contributed by atoms with E-state index in [9.17, 15) is 25.0 Å². The summed E-state index contributed by atoms with van der Waals surface area (Å²) in [6, 6.07) is 17.5. The molecule has 1 aliphatic heterocycles. The van der Waals surface area contributed by atoms with E-state index in [4.69, 9.17) is 24.7 Å². The minimum absolute atomic E-state index is 0.0264. The number of benzene rings is 3. The normalized spacial score (nSPS) is 14.3. The molecule has 13 nitrogen and oxygen atoms in total. The third-order valence-corrected chi connectivity index (χ3v) is 8.38. The van der Waals surface area contributed by atoms with E-state index in [1.165, 1.54) is 52.7 Å². The Bertz CT molecular complexity index is 2140. The molecule has 5 rings (SSSR count). The number of ether oxygens (including phenoxy) is 4. The monoisotopic (exact) mass is 641 g/mol. The molecule has 0 bridgehead atoms. The molecule has 3 N–H and O–H groups in total. The summed E-state index contributed by atoms with van der Waals surface area (Å²) in [5.74, 6) is -0.188. The predicted octanol–water partition coefficient (Wildman–Crippen LogP) is 2.92. The fourth-order valence-electron chi connectivity index (χ4n) is 5.12. The van der Waals surface area contributed by atoms with Gasteiger partial charge >= 0.3 is 0 Å². The Morgan fingerprint density at radius 2 is 1.65 bits per heavy atom. The van der Waals surface area contributed by atoms with Gasteiger partial charge in [0.2, 0.25) is 0 Å². The number of methoxy groups -OCH3 is 4. The summed E-state index contributed by atoms with van der Waals surface area (Å²) < 4.78 is 23.1. The fraction of sp³-hybridized carbons (Fsp3) is 0.156. The van der Waals surface area contributed by atoms with Crippen LogP contribution >= 0.6 is 11.3 Å². The summed E-state index contributed by atoms with van der Waals surface area (Å²) in [4.78, 5) is 38.8. The summed E-state index contributed by atoms with van der Waals surface area (Å²) in [5.41, 5.74) is 6.91. The lowest BCUT2D eigenvalue weighted by molar-refractivity contribution is -0.384. The molecule has 0 aliphatic carbocycles. The quantitative estimate of drug-likeness (QED) is 0.204. The Hall–Kier alpha value is -6.07. The predicted molar refractivity (Wildman–Crippen MR) is 171 cm³/mol. The fourth-order valence-corrected chi connectivity index (χ4v) is 6.30. The molecule has 0 saturated carbocycles. The molecular weight excluding hydrogens is 614 g/mol. The molecule has 1 amide bonds. The molecule has 0 spiro atoms. The van der Waals surface area contributed by atoms with Crippen molar-refractivity contribution in [1.82, 2.24) is 4.57 Å². The van der Waals surface area contributed by atoms with Crippen LogP contribution in [0.4, 0.5) is 11.4 Å². The van der Waals surface area contributed by atoms with E-state index in [2.05, 4.69) is 11.4 Å². The molecule has 3 aromatic carbocycles. The van der Waals surface area contributed by atoms with Crippen molar-refractivity contribution >= 4 is 46.1 Å². The van der Waals surface area contributed by atoms with Crippen LogP contribution in [0.25, 0.3) is 17.5 Å². The van der Waals surface area contributed by atoms with Crippen LogP contribution in [0, 0.1) is 21.4 Å². The maximum absolute atomic E-state index is 14.2. The molecular formula is C32H27N5O8S. The molecule has 1 aromatic heterocycles. The molecule has 2 heterocycles. The number of nitro groups is 1. The lowest BCUT2D eigenvalue weighted by Crippen LogP contribution is -2.40. The topological polar surface area (TPSA) is 181 Å². The van der Waals surface area contributed by atoms with Gasteiger partial charge in [0, 0.05) is 17.8 Å². The second-order valence-corrected chi connectivity index (χ2v) is 10.8. The first-order valence-corrected chi connectivity index (χ1v) is 14.3. The van der Waals surface area contributed by atoms with Crippen molar-refractivity contribution in [2.75, 3.05) is 33.8 Å². The van der Waals surface area contributed by atoms with Crippen molar-refractivity contribution in [1.29, 1.82) is 5.26 Å². The number of amides is 1. The number of nitro benzene ring substituents is 1. The van der Waals surface area contributed by atoms with Crippen molar-refractivity contribution in [3.8, 4) is 29.1 Å². The summed E-state index contributed by atoms with van der Waals surface area (Å²) in [6.45, 7) is 0. The van der Waals surface area contributed by atoms with Crippen molar-refractivity contribution < 1.29 is 28.7 Å². The first kappa shape index (κ1) is 31.4. The van der Waals surface area contributed by atoms with Gasteiger partial charge in [0.05, 0.1) is 61.0 Å². The number of thiazole rings is 1. The van der Waals surface area contributed by atoms with Gasteiger partial charge in [-0.3, -0.25) is 24.3 Å². The first-order chi connectivity index (χ1) is 22.1. The van der Waals surface area contributed by atoms with Crippen LogP contribution in [-0.2, 0) is 4.79 Å². The van der Waals surface area contributed by atoms with Crippen LogP contribution in [0.5, 0.6) is 23.0 Å². The van der Waals surface area contributed by atoms with Crippen molar-refractivity contribution in [2.24, 2.45) is 5.73 Å². The van der Waals surface area contributed by atoms with Gasteiger partial charge in [-0.1, -0.05) is 18.2 Å². The maximum Gasteiger partial charge on any atom is 0.274 e. The minimum atomic E-state index is -1.05. The second-order valence-electron chi connectivity index (χ2n) is 9.80. The van der Waals surface area contributed by atoms with Gasteiger partial charge in [0.15, 0.2) is 23.0 Å². The molecule has 234 valence electrons. The Morgan fingerprint density at radius 3 is 2.28 bits per heavy atom. The average molecular weight is 642 g/mol. The van der Waals surface area contributed by atoms with E-state index in [1.54, 1.807) is 42.5 Å². The number of anilines is 1. The highest BCUT2D eigenvalue weighted by molar-refractivity contribution is 7.07. The highest BCUT2D eigenvalue weighted by Gasteiger charge is 2.36. The van der Waals surface area contributed by atoms with Gasteiger partial charge in [0.1, 0.15) is 10.5 Å². The number of non-ortho nitro benzene ring substituents is 1. The van der Waals surface area contributed by atoms with Crippen LogP contribution in [0.2, 0.25) is 0 Å². The van der Waals surface area contributed by atoms with Gasteiger partial charge < -0.3 is 30.0 Å². The zero-order valence-electron chi connectivity index (χ0n) is 25.0. The smallest absolute Gasteiger partial charge is 0.274 e. The van der Waals surface area contributed by atoms with Crippen LogP contribution in [0.1, 0.15) is 17.0 Å². The van der Waals surface area contributed by atoms with Gasteiger partial charge in [0.25, 0.3) is 17.2 Å². The van der Waals surface area contributed by atoms with Crippen LogP contribution in [0.3, 0.4) is 0 Å². The number of hydrogen-bond donors (Lipinski definition) is 2. The second kappa shape index (κ2) is 12.9. The van der Waals surface area contributed by atoms with Gasteiger partial charge in [-0.25, -0.2) is 0 Å². The number of allylic oxidation sites excluding steroid dienone is 1. The minimum Gasteiger partial charge on any atom is -0.493 e. The number of aromatic nitrogens is 1. The number of nitrogens with zero attached hydrogens (tertiary/aromatic N) is 3. The van der Waals surface area contributed by atoms with Gasteiger partial charge in [-0.2, -0.15) is 5.26 Å². The maximum atomic E-state index is 14.2. The SMILES string of the molecule is COc1ccc(/C=c2\sc3n(c2=O)C(N)=C(C#N)C(c2ccc(OC)c(OC)c2)C=3C(=O)Nc2cccc([N+](=O)[O-])c2)cc1OC. The van der Waals surface area contributed by atoms with Gasteiger partial charge in [-0.15, -0.1) is 11.3 Å². The van der Waals surface area contributed by atoms with E-state index >= 15 is 0 Å². The zero-order chi connectivity index (χ0) is 33.1. The number of rotatable bonds is 9. The Kier molecular flexibility index (Phi) is 8.78. The summed E-state index contributed by atoms with van der Waals surface area (Å²) in [7, 11) is 5.92. The molecule has 1 atom stereocenters. The third-order valence-electron chi connectivity index (χ3n) is 7.27. The summed E-state index contributed by atoms with van der Waals surface area (Å²) in [5, 5.41) is 24.5. The Balaban J connectivity index is 1.80. The molecule has 14 heteroatoms. The number of fused-ring (bicyclic) bond motifs is 1. The van der Waals surface area contributed by atoms with E-state index in [0.29, 0.717) is 34.1 Å². The number of nitrogens with one attached hydrogen (secondary N) is 1. The number of carbonyl (C=O) groups is 1. The van der Waals surface area contributed by atoms with Crippen molar-refractivity contribution in [3.05, 3.63) is 107 Å². The molecule has 0 fully saturated rings.